The molecule has 4 nitrogen and oxygen atoms in total. The van der Waals surface area contributed by atoms with Crippen LogP contribution in [0.4, 0.5) is 0 Å². The van der Waals surface area contributed by atoms with Gasteiger partial charge in [0.05, 0.1) is 11.7 Å². The summed E-state index contributed by atoms with van der Waals surface area (Å²) >= 11 is 5.06. The van der Waals surface area contributed by atoms with Crippen molar-refractivity contribution in [2.75, 3.05) is 0 Å². The average Bonchev–Trinajstić information content (AvgIpc) is 2.85. The largest absolute Gasteiger partial charge is 0.318 e. The van der Waals surface area contributed by atoms with Gasteiger partial charge in [0, 0.05) is 11.9 Å². The Bertz CT molecular complexity index is 471. The van der Waals surface area contributed by atoms with Gasteiger partial charge in [-0.15, -0.1) is 16.4 Å². The second kappa shape index (κ2) is 4.65. The zero-order valence-corrected chi connectivity index (χ0v) is 11.5. The first-order valence-corrected chi connectivity index (χ1v) is 6.69. The Labute approximate surface area is 107 Å². The molecule has 0 saturated carbocycles. The fourth-order valence-corrected chi connectivity index (χ4v) is 3.28. The van der Waals surface area contributed by atoms with E-state index in [1.54, 1.807) is 16.0 Å². The minimum Gasteiger partial charge on any atom is -0.318 e. The molecular weight excluding hydrogens is 288 g/mol. The first-order valence-electron chi connectivity index (χ1n) is 5.02. The van der Waals surface area contributed by atoms with Gasteiger partial charge in [-0.25, -0.2) is 4.68 Å². The number of nitrogens with zero attached hydrogens (tertiary/aromatic N) is 3. The van der Waals surface area contributed by atoms with Crippen molar-refractivity contribution in [2.24, 2.45) is 12.8 Å². The van der Waals surface area contributed by atoms with Crippen LogP contribution < -0.4 is 5.73 Å². The molecule has 1 unspecified atom stereocenters. The Balaban J connectivity index is 2.43. The highest BCUT2D eigenvalue weighted by molar-refractivity contribution is 9.10. The van der Waals surface area contributed by atoms with Gasteiger partial charge in [-0.3, -0.25) is 0 Å². The van der Waals surface area contributed by atoms with Gasteiger partial charge in [0.1, 0.15) is 0 Å². The molecule has 6 heteroatoms. The predicted octanol–water partition coefficient (Wildman–Crippen LogP) is 2.25. The van der Waals surface area contributed by atoms with Crippen LogP contribution in [0.2, 0.25) is 0 Å². The minimum absolute atomic E-state index is 0.163. The van der Waals surface area contributed by atoms with Crippen LogP contribution in [-0.2, 0) is 13.5 Å². The molecule has 0 aromatic carbocycles. The lowest BCUT2D eigenvalue weighted by Crippen LogP contribution is -2.16. The standard InChI is InChI=1S/C10H13BrN4S/c1-3-6-4-5-16-9(6)7(12)8-10(11)13-14-15(8)2/h4-5,7H,3,12H2,1-2H3. The monoisotopic (exact) mass is 300 g/mol. The van der Waals surface area contributed by atoms with E-state index < -0.39 is 0 Å². The fraction of sp³-hybridized carbons (Fsp3) is 0.400. The van der Waals surface area contributed by atoms with Gasteiger partial charge >= 0.3 is 0 Å². The molecule has 0 fully saturated rings. The van der Waals surface area contributed by atoms with Crippen LogP contribution in [-0.4, -0.2) is 15.0 Å². The summed E-state index contributed by atoms with van der Waals surface area (Å²) in [6.45, 7) is 2.13. The maximum absolute atomic E-state index is 6.26. The summed E-state index contributed by atoms with van der Waals surface area (Å²) < 4.78 is 2.44. The molecule has 0 spiro atoms. The molecule has 0 aliphatic carbocycles. The molecule has 16 heavy (non-hydrogen) atoms. The molecule has 2 heterocycles. The number of rotatable bonds is 3. The van der Waals surface area contributed by atoms with E-state index >= 15 is 0 Å². The van der Waals surface area contributed by atoms with E-state index in [0.717, 1.165) is 16.7 Å². The molecule has 0 bridgehead atoms. The van der Waals surface area contributed by atoms with Gasteiger partial charge in [-0.05, 0) is 39.4 Å². The number of hydrogen-bond acceptors (Lipinski definition) is 4. The smallest absolute Gasteiger partial charge is 0.153 e. The van der Waals surface area contributed by atoms with Crippen molar-refractivity contribution in [1.29, 1.82) is 0 Å². The minimum atomic E-state index is -0.163. The van der Waals surface area contributed by atoms with E-state index in [-0.39, 0.29) is 6.04 Å². The van der Waals surface area contributed by atoms with Crippen molar-refractivity contribution >= 4 is 27.3 Å². The van der Waals surface area contributed by atoms with Gasteiger partial charge in [0.15, 0.2) is 4.60 Å². The van der Waals surface area contributed by atoms with E-state index in [1.807, 2.05) is 7.05 Å². The summed E-state index contributed by atoms with van der Waals surface area (Å²) in [5.41, 5.74) is 8.47. The Morgan fingerprint density at radius 1 is 1.62 bits per heavy atom. The Morgan fingerprint density at radius 2 is 2.38 bits per heavy atom. The zero-order valence-electron chi connectivity index (χ0n) is 9.14. The second-order valence-corrected chi connectivity index (χ2v) is 5.23. The quantitative estimate of drug-likeness (QED) is 0.946. The Kier molecular flexibility index (Phi) is 3.41. The molecule has 0 aliphatic rings. The van der Waals surface area contributed by atoms with Crippen LogP contribution >= 0.6 is 27.3 Å². The molecule has 0 saturated heterocycles. The summed E-state index contributed by atoms with van der Waals surface area (Å²) in [4.78, 5) is 1.19. The zero-order chi connectivity index (χ0) is 11.7. The van der Waals surface area contributed by atoms with Crippen molar-refractivity contribution in [3.63, 3.8) is 0 Å². The SMILES string of the molecule is CCc1ccsc1C(N)c1c(Br)nnn1C. The number of nitrogens with two attached hydrogens (primary N) is 1. The van der Waals surface area contributed by atoms with Crippen molar-refractivity contribution in [2.45, 2.75) is 19.4 Å². The number of hydrogen-bond donors (Lipinski definition) is 1. The topological polar surface area (TPSA) is 56.7 Å². The molecule has 0 amide bonds. The molecule has 86 valence electrons. The van der Waals surface area contributed by atoms with E-state index in [1.165, 1.54) is 10.4 Å². The third-order valence-electron chi connectivity index (χ3n) is 2.57. The van der Waals surface area contributed by atoms with Gasteiger partial charge in [0.25, 0.3) is 0 Å². The number of aromatic nitrogens is 3. The number of halogens is 1. The lowest BCUT2D eigenvalue weighted by atomic mass is 10.1. The lowest BCUT2D eigenvalue weighted by Gasteiger charge is -2.12. The van der Waals surface area contributed by atoms with Crippen molar-refractivity contribution < 1.29 is 0 Å². The Morgan fingerprint density at radius 3 is 2.94 bits per heavy atom. The molecule has 2 aromatic heterocycles. The maximum atomic E-state index is 6.26. The lowest BCUT2D eigenvalue weighted by molar-refractivity contribution is 0.652. The molecule has 1 atom stereocenters. The van der Waals surface area contributed by atoms with Crippen molar-refractivity contribution in [1.82, 2.24) is 15.0 Å². The van der Waals surface area contributed by atoms with Gasteiger partial charge in [0.2, 0.25) is 0 Å². The van der Waals surface area contributed by atoms with Gasteiger partial charge in [-0.1, -0.05) is 12.1 Å². The van der Waals surface area contributed by atoms with Gasteiger partial charge < -0.3 is 5.73 Å². The van der Waals surface area contributed by atoms with Crippen LogP contribution in [0.5, 0.6) is 0 Å². The molecule has 2 aromatic rings. The third-order valence-corrected chi connectivity index (χ3v) is 4.17. The molecular formula is C10H13BrN4S. The highest BCUT2D eigenvalue weighted by atomic mass is 79.9. The molecule has 2 rings (SSSR count). The molecule has 0 aliphatic heterocycles. The van der Waals surface area contributed by atoms with Crippen LogP contribution in [0.15, 0.2) is 16.0 Å². The summed E-state index contributed by atoms with van der Waals surface area (Å²) in [5.74, 6) is 0. The Hall–Kier alpha value is -0.720. The summed E-state index contributed by atoms with van der Waals surface area (Å²) in [7, 11) is 1.85. The van der Waals surface area contributed by atoms with Crippen LogP contribution in [0, 0.1) is 0 Å². The number of aryl methyl sites for hydroxylation is 2. The first kappa shape index (κ1) is 11.8. The average molecular weight is 301 g/mol. The van der Waals surface area contributed by atoms with Crippen LogP contribution in [0.25, 0.3) is 0 Å². The highest BCUT2D eigenvalue weighted by Gasteiger charge is 2.21. The van der Waals surface area contributed by atoms with Crippen LogP contribution in [0.1, 0.15) is 29.1 Å². The van der Waals surface area contributed by atoms with E-state index in [9.17, 15) is 0 Å². The summed E-state index contributed by atoms with van der Waals surface area (Å²) in [5, 5.41) is 9.98. The highest BCUT2D eigenvalue weighted by Crippen LogP contribution is 2.30. The molecule has 2 N–H and O–H groups in total. The normalized spacial score (nSPS) is 13.0. The van der Waals surface area contributed by atoms with Crippen molar-refractivity contribution in [3.05, 3.63) is 32.2 Å². The van der Waals surface area contributed by atoms with Crippen molar-refractivity contribution in [3.8, 4) is 0 Å². The van der Waals surface area contributed by atoms with E-state index in [0.29, 0.717) is 0 Å². The summed E-state index contributed by atoms with van der Waals surface area (Å²) in [6.07, 6.45) is 0.995. The predicted molar refractivity (Wildman–Crippen MR) is 68.4 cm³/mol. The molecule has 0 radical (unpaired) electrons. The second-order valence-electron chi connectivity index (χ2n) is 3.53. The number of thiophene rings is 1. The van der Waals surface area contributed by atoms with Crippen LogP contribution in [0.3, 0.4) is 0 Å². The fourth-order valence-electron chi connectivity index (χ4n) is 1.71. The van der Waals surface area contributed by atoms with E-state index in [2.05, 4.69) is 44.6 Å². The van der Waals surface area contributed by atoms with Gasteiger partial charge in [-0.2, -0.15) is 0 Å². The maximum Gasteiger partial charge on any atom is 0.153 e. The first-order chi connectivity index (χ1) is 7.65. The van der Waals surface area contributed by atoms with E-state index in [4.69, 9.17) is 5.73 Å². The third kappa shape index (κ3) is 1.92. The summed E-state index contributed by atoms with van der Waals surface area (Å²) in [6, 6.07) is 1.96.